The topological polar surface area (TPSA) is 112 Å². The first-order valence-corrected chi connectivity index (χ1v) is 14.4. The second-order valence-corrected chi connectivity index (χ2v) is 12.6. The van der Waals surface area contributed by atoms with Crippen molar-refractivity contribution in [3.05, 3.63) is 0 Å². The van der Waals surface area contributed by atoms with E-state index in [9.17, 15) is 19.8 Å². The van der Waals surface area contributed by atoms with E-state index in [0.29, 0.717) is 26.1 Å². The van der Waals surface area contributed by atoms with Gasteiger partial charge in [0.2, 0.25) is 0 Å². The normalized spacial score (nSPS) is 21.6. The zero-order chi connectivity index (χ0) is 27.4. The minimum atomic E-state index is -1.73. The molecule has 0 aromatic rings. The van der Waals surface area contributed by atoms with Crippen molar-refractivity contribution in [1.29, 1.82) is 0 Å². The van der Waals surface area contributed by atoms with Gasteiger partial charge in [-0.05, 0) is 75.0 Å². The van der Waals surface area contributed by atoms with Crippen LogP contribution >= 0.6 is 0 Å². The zero-order valence-corrected chi connectivity index (χ0v) is 23.7. The maximum atomic E-state index is 12.2. The summed E-state index contributed by atoms with van der Waals surface area (Å²) >= 11 is 0. The molecular formula is C29H52O8. The largest absolute Gasteiger partial charge is 0.480 e. The third kappa shape index (κ3) is 11.6. The summed E-state index contributed by atoms with van der Waals surface area (Å²) in [5.41, 5.74) is -1.88. The Kier molecular flexibility index (Phi) is 13.3. The van der Waals surface area contributed by atoms with E-state index < -0.39 is 17.4 Å². The van der Waals surface area contributed by atoms with E-state index in [2.05, 4.69) is 27.7 Å². The Hall–Kier alpha value is -1.22. The Labute approximate surface area is 223 Å². The number of carboxylic acid groups (broad SMARTS) is 2. The summed E-state index contributed by atoms with van der Waals surface area (Å²) in [5.74, 6) is -2.46. The summed E-state index contributed by atoms with van der Waals surface area (Å²) in [4.78, 5) is 24.3. The van der Waals surface area contributed by atoms with Crippen molar-refractivity contribution < 1.29 is 38.7 Å². The Balaban J connectivity index is 1.74. The molecule has 37 heavy (non-hydrogen) atoms. The van der Waals surface area contributed by atoms with Gasteiger partial charge in [-0.3, -0.25) is 9.59 Å². The molecule has 2 saturated heterocycles. The molecule has 2 atom stereocenters. The number of carbonyl (C=O) groups is 2. The quantitative estimate of drug-likeness (QED) is 0.155. The van der Waals surface area contributed by atoms with Gasteiger partial charge in [-0.2, -0.15) is 0 Å². The minimum Gasteiger partial charge on any atom is -0.480 e. The number of carboxylic acids is 2. The van der Waals surface area contributed by atoms with Crippen LogP contribution < -0.4 is 0 Å². The van der Waals surface area contributed by atoms with Gasteiger partial charge in [-0.1, -0.05) is 53.4 Å². The van der Waals surface area contributed by atoms with Gasteiger partial charge in [-0.15, -0.1) is 0 Å². The van der Waals surface area contributed by atoms with Crippen LogP contribution in [0, 0.1) is 16.2 Å². The van der Waals surface area contributed by atoms with E-state index in [0.717, 1.165) is 77.4 Å². The smallest absolute Gasteiger partial charge is 0.321 e. The van der Waals surface area contributed by atoms with E-state index in [1.54, 1.807) is 0 Å². The monoisotopic (exact) mass is 528 g/mol. The van der Waals surface area contributed by atoms with Gasteiger partial charge in [0.25, 0.3) is 0 Å². The zero-order valence-electron chi connectivity index (χ0n) is 23.7. The Morgan fingerprint density at radius 2 is 1.05 bits per heavy atom. The molecule has 8 nitrogen and oxygen atoms in total. The molecule has 2 heterocycles. The number of ether oxygens (including phenoxy) is 4. The molecule has 0 saturated carbocycles. The van der Waals surface area contributed by atoms with E-state index in [1.165, 1.54) is 0 Å². The van der Waals surface area contributed by atoms with Gasteiger partial charge in [0, 0.05) is 13.2 Å². The SMILES string of the molecule is CC(C)(CCCCC(CCCCC(C)(C)COC1CCCCO1)(C(=O)O)C(=O)O)COC1CCCCO1. The Morgan fingerprint density at radius 1 is 0.676 bits per heavy atom. The van der Waals surface area contributed by atoms with Crippen LogP contribution in [-0.2, 0) is 28.5 Å². The number of hydrogen-bond donors (Lipinski definition) is 2. The van der Waals surface area contributed by atoms with Crippen LogP contribution in [0.25, 0.3) is 0 Å². The van der Waals surface area contributed by atoms with Crippen LogP contribution in [0.3, 0.4) is 0 Å². The summed E-state index contributed by atoms with van der Waals surface area (Å²) in [6.45, 7) is 11.2. The molecule has 2 N–H and O–H groups in total. The molecule has 2 aliphatic heterocycles. The van der Waals surface area contributed by atoms with Gasteiger partial charge in [0.1, 0.15) is 0 Å². The van der Waals surface area contributed by atoms with Crippen LogP contribution in [0.5, 0.6) is 0 Å². The number of aliphatic carboxylic acids is 2. The van der Waals surface area contributed by atoms with Gasteiger partial charge in [-0.25, -0.2) is 0 Å². The van der Waals surface area contributed by atoms with E-state index in [1.807, 2.05) is 0 Å². The lowest BCUT2D eigenvalue weighted by molar-refractivity contribution is -0.177. The highest BCUT2D eigenvalue weighted by atomic mass is 16.7. The fourth-order valence-corrected chi connectivity index (χ4v) is 5.17. The van der Waals surface area contributed by atoms with Crippen LogP contribution in [0.4, 0.5) is 0 Å². The second kappa shape index (κ2) is 15.4. The molecule has 0 bridgehead atoms. The maximum Gasteiger partial charge on any atom is 0.321 e. The standard InChI is InChI=1S/C29H52O8/c1-27(2,21-36-23-13-5-11-19-34-23)15-7-9-17-29(25(30)31,26(32)33)18-10-8-16-28(3,4)22-37-24-14-6-12-20-35-24/h23-24H,5-22H2,1-4H3,(H,30,31)(H,32,33). The lowest BCUT2D eigenvalue weighted by Gasteiger charge is -2.30. The molecule has 2 fully saturated rings. The molecular weight excluding hydrogens is 476 g/mol. The van der Waals surface area contributed by atoms with E-state index in [-0.39, 0.29) is 36.3 Å². The summed E-state index contributed by atoms with van der Waals surface area (Å²) in [5, 5.41) is 19.8. The summed E-state index contributed by atoms with van der Waals surface area (Å²) in [6, 6.07) is 0. The molecule has 216 valence electrons. The number of rotatable bonds is 18. The van der Waals surface area contributed by atoms with Crippen molar-refractivity contribution >= 4 is 11.9 Å². The molecule has 0 radical (unpaired) electrons. The third-order valence-corrected chi connectivity index (χ3v) is 7.83. The number of hydrogen-bond acceptors (Lipinski definition) is 6. The van der Waals surface area contributed by atoms with Crippen molar-refractivity contribution in [3.8, 4) is 0 Å². The molecule has 2 unspecified atom stereocenters. The molecule has 0 aromatic carbocycles. The average molecular weight is 529 g/mol. The van der Waals surface area contributed by atoms with Gasteiger partial charge in [0.05, 0.1) is 13.2 Å². The highest BCUT2D eigenvalue weighted by Gasteiger charge is 2.45. The first kappa shape index (κ1) is 32.0. The first-order chi connectivity index (χ1) is 17.5. The fourth-order valence-electron chi connectivity index (χ4n) is 5.17. The summed E-state index contributed by atoms with van der Waals surface area (Å²) < 4.78 is 23.2. The fraction of sp³-hybridized carbons (Fsp3) is 0.931. The van der Waals surface area contributed by atoms with E-state index >= 15 is 0 Å². The molecule has 2 rings (SSSR count). The van der Waals surface area contributed by atoms with E-state index in [4.69, 9.17) is 18.9 Å². The third-order valence-electron chi connectivity index (χ3n) is 7.83. The summed E-state index contributed by atoms with van der Waals surface area (Å²) in [6.07, 6.45) is 10.6. The minimum absolute atomic E-state index is 0.0771. The lowest BCUT2D eigenvalue weighted by Crippen LogP contribution is -2.39. The maximum absolute atomic E-state index is 12.2. The van der Waals surface area contributed by atoms with Gasteiger partial charge >= 0.3 is 11.9 Å². The van der Waals surface area contributed by atoms with Gasteiger partial charge in [0.15, 0.2) is 18.0 Å². The molecule has 0 aliphatic carbocycles. The molecule has 2 aliphatic rings. The molecule has 0 aromatic heterocycles. The van der Waals surface area contributed by atoms with Crippen LogP contribution in [0.15, 0.2) is 0 Å². The molecule has 8 heteroatoms. The Bertz CT molecular complexity index is 619. The number of unbranched alkanes of at least 4 members (excludes halogenated alkanes) is 2. The van der Waals surface area contributed by atoms with Crippen molar-refractivity contribution in [3.63, 3.8) is 0 Å². The highest BCUT2D eigenvalue weighted by Crippen LogP contribution is 2.35. The first-order valence-electron chi connectivity index (χ1n) is 14.4. The predicted octanol–water partition coefficient (Wildman–Crippen LogP) is 6.40. The van der Waals surface area contributed by atoms with Crippen LogP contribution in [0.1, 0.15) is 118 Å². The van der Waals surface area contributed by atoms with Gasteiger partial charge < -0.3 is 29.2 Å². The Morgan fingerprint density at radius 3 is 1.38 bits per heavy atom. The predicted molar refractivity (Wildman–Crippen MR) is 141 cm³/mol. The van der Waals surface area contributed by atoms with Crippen molar-refractivity contribution in [2.75, 3.05) is 26.4 Å². The van der Waals surface area contributed by atoms with Crippen molar-refractivity contribution in [1.82, 2.24) is 0 Å². The summed E-state index contributed by atoms with van der Waals surface area (Å²) in [7, 11) is 0. The second-order valence-electron chi connectivity index (χ2n) is 12.6. The lowest BCUT2D eigenvalue weighted by atomic mass is 9.76. The van der Waals surface area contributed by atoms with Crippen molar-refractivity contribution in [2.45, 2.75) is 130 Å². The molecule has 0 amide bonds. The van der Waals surface area contributed by atoms with Crippen LogP contribution in [-0.4, -0.2) is 61.2 Å². The highest BCUT2D eigenvalue weighted by molar-refractivity contribution is 5.98. The van der Waals surface area contributed by atoms with Crippen molar-refractivity contribution in [2.24, 2.45) is 16.2 Å². The average Bonchev–Trinajstić information content (AvgIpc) is 2.86. The molecule has 0 spiro atoms. The van der Waals surface area contributed by atoms with Crippen LogP contribution in [0.2, 0.25) is 0 Å².